The summed E-state index contributed by atoms with van der Waals surface area (Å²) in [4.78, 5) is 0. The Balaban J connectivity index is 5.22. The third-order valence-electron chi connectivity index (χ3n) is 0.490. The Morgan fingerprint density at radius 1 is 1.86 bits per heavy atom. The standard InChI is InChI=1S/C5H12O2/c1-5(2,3-6)4-7/h6-7H,3-4H2,1-2H3/i1D3,3D,4D2/t3?,5-/m0/s1. The van der Waals surface area contributed by atoms with Gasteiger partial charge in [0.05, 0.1) is 17.3 Å². The predicted octanol–water partition coefficient (Wildman–Crippen LogP) is -0.00280. The summed E-state index contributed by atoms with van der Waals surface area (Å²) in [6.07, 6.45) is 0. The molecular formula is C5H12O2. The predicted molar refractivity (Wildman–Crippen MR) is 28.0 cm³/mol. The van der Waals surface area contributed by atoms with Crippen LogP contribution in [0, 0.1) is 5.41 Å². The van der Waals surface area contributed by atoms with Crippen LogP contribution in [0.2, 0.25) is 0 Å². The van der Waals surface area contributed by atoms with Crippen LogP contribution >= 0.6 is 0 Å². The summed E-state index contributed by atoms with van der Waals surface area (Å²) in [7, 11) is 0. The second-order valence-corrected chi connectivity index (χ2v) is 1.44. The van der Waals surface area contributed by atoms with E-state index in [1.54, 1.807) is 0 Å². The average molecular weight is 110 g/mol. The van der Waals surface area contributed by atoms with Gasteiger partial charge in [-0.3, -0.25) is 0 Å². The van der Waals surface area contributed by atoms with Crippen molar-refractivity contribution in [3.63, 3.8) is 0 Å². The molecule has 2 atom stereocenters. The summed E-state index contributed by atoms with van der Waals surface area (Å²) < 4.78 is 41.3. The van der Waals surface area contributed by atoms with Crippen LogP contribution in [0.15, 0.2) is 0 Å². The van der Waals surface area contributed by atoms with Gasteiger partial charge in [0, 0.05) is 9.53 Å². The lowest BCUT2D eigenvalue weighted by Gasteiger charge is -2.16. The van der Waals surface area contributed by atoms with E-state index in [2.05, 4.69) is 0 Å². The Bertz CT molecular complexity index is 166. The maximum Gasteiger partial charge on any atom is 0.0570 e. The molecule has 0 spiro atoms. The molecule has 0 radical (unpaired) electrons. The SMILES string of the molecule is [2H]C(O)[C@@](C)(C([2H])([2H])[2H])C([2H])([2H])O. The van der Waals surface area contributed by atoms with Gasteiger partial charge in [-0.2, -0.15) is 0 Å². The zero-order valence-corrected chi connectivity index (χ0v) is 3.97. The van der Waals surface area contributed by atoms with E-state index in [9.17, 15) is 0 Å². The van der Waals surface area contributed by atoms with E-state index in [1.807, 2.05) is 0 Å². The maximum absolute atomic E-state index is 8.94. The second kappa shape index (κ2) is 2.28. The minimum atomic E-state index is -3.14. The largest absolute Gasteiger partial charge is 0.396 e. The van der Waals surface area contributed by atoms with Gasteiger partial charge in [-0.05, 0) is 0 Å². The maximum atomic E-state index is 8.94. The third kappa shape index (κ3) is 2.60. The molecular weight excluding hydrogens is 92.1 g/mol. The van der Waals surface area contributed by atoms with Gasteiger partial charge in [0.1, 0.15) is 0 Å². The molecule has 0 rings (SSSR count). The molecule has 0 bridgehead atoms. The molecule has 2 nitrogen and oxygen atoms in total. The van der Waals surface area contributed by atoms with Crippen molar-refractivity contribution in [1.82, 2.24) is 0 Å². The molecule has 0 saturated carbocycles. The zero-order valence-electron chi connectivity index (χ0n) is 9.97. The van der Waals surface area contributed by atoms with Crippen molar-refractivity contribution in [3.05, 3.63) is 0 Å². The van der Waals surface area contributed by atoms with Crippen molar-refractivity contribution in [2.45, 2.75) is 13.8 Å². The molecule has 0 aliphatic carbocycles. The fourth-order valence-electron chi connectivity index (χ4n) is 0.0289. The van der Waals surface area contributed by atoms with Gasteiger partial charge < -0.3 is 10.2 Å². The molecule has 0 heterocycles. The van der Waals surface area contributed by atoms with Crippen LogP contribution < -0.4 is 0 Å². The van der Waals surface area contributed by atoms with Crippen molar-refractivity contribution >= 4 is 0 Å². The van der Waals surface area contributed by atoms with Crippen molar-refractivity contribution in [2.24, 2.45) is 5.41 Å². The van der Waals surface area contributed by atoms with Crippen LogP contribution in [0.5, 0.6) is 0 Å². The Hall–Kier alpha value is -0.0800. The smallest absolute Gasteiger partial charge is 0.0570 e. The number of aliphatic hydroxyl groups is 2. The Morgan fingerprint density at radius 3 is 2.43 bits per heavy atom. The summed E-state index contributed by atoms with van der Waals surface area (Å²) in [5.41, 5.74) is -2.51. The topological polar surface area (TPSA) is 40.5 Å². The van der Waals surface area contributed by atoms with E-state index >= 15 is 0 Å². The highest BCUT2D eigenvalue weighted by Gasteiger charge is 2.13. The van der Waals surface area contributed by atoms with Gasteiger partial charge in [-0.25, -0.2) is 0 Å². The highest BCUT2D eigenvalue weighted by Crippen LogP contribution is 2.10. The van der Waals surface area contributed by atoms with Gasteiger partial charge in [-0.15, -0.1) is 0 Å². The Morgan fingerprint density at radius 2 is 2.43 bits per heavy atom. The van der Waals surface area contributed by atoms with E-state index in [1.165, 1.54) is 0 Å². The first-order chi connectivity index (χ1) is 5.44. The lowest BCUT2D eigenvalue weighted by molar-refractivity contribution is 0.0857. The zero-order chi connectivity index (χ0) is 11.1. The van der Waals surface area contributed by atoms with Gasteiger partial charge in [0.2, 0.25) is 0 Å². The molecule has 2 N–H and O–H groups in total. The summed E-state index contributed by atoms with van der Waals surface area (Å²) >= 11 is 0. The first kappa shape index (κ1) is 1.71. The van der Waals surface area contributed by atoms with Crippen LogP contribution in [0.25, 0.3) is 0 Å². The second-order valence-electron chi connectivity index (χ2n) is 1.44. The van der Waals surface area contributed by atoms with E-state index in [0.717, 1.165) is 6.92 Å². The summed E-state index contributed by atoms with van der Waals surface area (Å²) in [5, 5.41) is 17.8. The molecule has 0 aliphatic rings. The number of rotatable bonds is 2. The van der Waals surface area contributed by atoms with E-state index in [4.69, 9.17) is 18.4 Å². The molecule has 0 amide bonds. The van der Waals surface area contributed by atoms with Crippen molar-refractivity contribution in [2.75, 3.05) is 13.1 Å². The summed E-state index contributed by atoms with van der Waals surface area (Å²) in [6.45, 7) is -7.51. The van der Waals surface area contributed by atoms with Crippen molar-refractivity contribution in [1.29, 1.82) is 0 Å². The normalized spacial score (nSPS) is 39.9. The summed E-state index contributed by atoms with van der Waals surface area (Å²) in [5.74, 6) is 0. The van der Waals surface area contributed by atoms with E-state index < -0.39 is 25.4 Å². The molecule has 0 fully saturated rings. The van der Waals surface area contributed by atoms with Crippen LogP contribution in [0.1, 0.15) is 22.0 Å². The molecule has 0 saturated heterocycles. The monoisotopic (exact) mass is 110 g/mol. The molecule has 7 heavy (non-hydrogen) atoms. The minimum Gasteiger partial charge on any atom is -0.396 e. The molecule has 0 aliphatic heterocycles. The molecule has 1 unspecified atom stereocenters. The first-order valence-electron chi connectivity index (χ1n) is 4.85. The number of aliphatic hydroxyl groups excluding tert-OH is 1. The van der Waals surface area contributed by atoms with Crippen LogP contribution in [-0.4, -0.2) is 23.4 Å². The van der Waals surface area contributed by atoms with Crippen LogP contribution in [0.4, 0.5) is 0 Å². The number of hydrogen-bond donors (Lipinski definition) is 2. The lowest BCUT2D eigenvalue weighted by Crippen LogP contribution is -2.20. The van der Waals surface area contributed by atoms with Gasteiger partial charge in [-0.1, -0.05) is 13.8 Å². The molecule has 0 aromatic heterocycles. The molecule has 2 heteroatoms. The third-order valence-corrected chi connectivity index (χ3v) is 0.490. The Kier molecular flexibility index (Phi) is 0.557. The lowest BCUT2D eigenvalue weighted by atomic mass is 9.97. The molecule has 0 aromatic rings. The number of hydrogen-bond acceptors (Lipinski definition) is 2. The fourth-order valence-corrected chi connectivity index (χ4v) is 0.0289. The molecule has 44 valence electrons. The van der Waals surface area contributed by atoms with Gasteiger partial charge in [0.15, 0.2) is 0 Å². The Labute approximate surface area is 52.2 Å². The highest BCUT2D eigenvalue weighted by atomic mass is 16.3. The highest BCUT2D eigenvalue weighted by molar-refractivity contribution is 4.62. The average Bonchev–Trinajstić information content (AvgIpc) is 1.80. The van der Waals surface area contributed by atoms with Gasteiger partial charge in [0.25, 0.3) is 0 Å². The van der Waals surface area contributed by atoms with Crippen molar-refractivity contribution in [3.8, 4) is 0 Å². The quantitative estimate of drug-likeness (QED) is 0.525. The summed E-state index contributed by atoms with van der Waals surface area (Å²) in [6, 6.07) is 0. The van der Waals surface area contributed by atoms with Crippen molar-refractivity contribution < 1.29 is 18.4 Å². The van der Waals surface area contributed by atoms with E-state index in [0.29, 0.717) is 0 Å². The first-order valence-corrected chi connectivity index (χ1v) is 1.77. The molecule has 0 aromatic carbocycles. The fraction of sp³-hybridized carbons (Fsp3) is 1.00. The van der Waals surface area contributed by atoms with Gasteiger partial charge >= 0.3 is 0 Å². The van der Waals surface area contributed by atoms with E-state index in [-0.39, 0.29) is 0 Å². The van der Waals surface area contributed by atoms with Crippen LogP contribution in [0.3, 0.4) is 0 Å². The van der Waals surface area contributed by atoms with Crippen LogP contribution in [-0.2, 0) is 0 Å². The minimum absolute atomic E-state index is 0.803.